The molecule has 3 rings (SSSR count). The fraction of sp³-hybridized carbons (Fsp3) is 0.667. The second-order valence-corrected chi connectivity index (χ2v) is 5.52. The van der Waals surface area contributed by atoms with E-state index in [9.17, 15) is 4.79 Å². The van der Waals surface area contributed by atoms with Crippen molar-refractivity contribution in [3.63, 3.8) is 0 Å². The summed E-state index contributed by atoms with van der Waals surface area (Å²) >= 11 is 0. The molecule has 5 nitrogen and oxygen atoms in total. The van der Waals surface area contributed by atoms with Gasteiger partial charge in [-0.3, -0.25) is 9.69 Å². The fourth-order valence-corrected chi connectivity index (χ4v) is 3.04. The van der Waals surface area contributed by atoms with Gasteiger partial charge >= 0.3 is 0 Å². The molecule has 2 atom stereocenters. The van der Waals surface area contributed by atoms with Gasteiger partial charge in [0.15, 0.2) is 0 Å². The van der Waals surface area contributed by atoms with Gasteiger partial charge in [-0.05, 0) is 50.9 Å². The van der Waals surface area contributed by atoms with Gasteiger partial charge in [0, 0.05) is 13.2 Å². The summed E-state index contributed by atoms with van der Waals surface area (Å²) in [6, 6.07) is 4.03. The summed E-state index contributed by atoms with van der Waals surface area (Å²) in [5, 5.41) is 3.02. The lowest BCUT2D eigenvalue weighted by molar-refractivity contribution is -0.130. The Morgan fingerprint density at radius 2 is 2.25 bits per heavy atom. The van der Waals surface area contributed by atoms with E-state index in [0.717, 1.165) is 31.7 Å². The number of carbonyl (C=O) groups is 1. The number of ether oxygens (including phenoxy) is 1. The van der Waals surface area contributed by atoms with Crippen molar-refractivity contribution in [2.24, 2.45) is 0 Å². The first-order chi connectivity index (χ1) is 9.84. The number of likely N-dealkylation sites (tertiary alicyclic amines) is 1. The Morgan fingerprint density at radius 3 is 2.90 bits per heavy atom. The number of amides is 1. The molecule has 0 unspecified atom stereocenters. The Labute approximate surface area is 119 Å². The lowest BCUT2D eigenvalue weighted by atomic mass is 10.1. The van der Waals surface area contributed by atoms with Crippen LogP contribution in [-0.4, -0.2) is 43.2 Å². The highest BCUT2D eigenvalue weighted by Crippen LogP contribution is 2.25. The van der Waals surface area contributed by atoms with Gasteiger partial charge in [-0.1, -0.05) is 0 Å². The van der Waals surface area contributed by atoms with Crippen LogP contribution in [0.3, 0.4) is 0 Å². The van der Waals surface area contributed by atoms with Crippen LogP contribution in [0.4, 0.5) is 0 Å². The van der Waals surface area contributed by atoms with Crippen LogP contribution in [-0.2, 0) is 9.53 Å². The molecule has 3 heterocycles. The molecule has 0 radical (unpaired) electrons. The molecule has 0 aromatic carbocycles. The number of hydrogen-bond acceptors (Lipinski definition) is 4. The van der Waals surface area contributed by atoms with Crippen molar-refractivity contribution in [1.29, 1.82) is 0 Å². The average molecular weight is 278 g/mol. The molecule has 20 heavy (non-hydrogen) atoms. The van der Waals surface area contributed by atoms with E-state index in [1.807, 2.05) is 12.1 Å². The van der Waals surface area contributed by atoms with Crippen LogP contribution in [0.1, 0.15) is 37.5 Å². The summed E-state index contributed by atoms with van der Waals surface area (Å²) in [4.78, 5) is 14.4. The molecule has 2 aliphatic heterocycles. The standard InChI is InChI=1S/C15H22N2O3/c18-15(14-6-4-10-20-14)16-11-12(13-5-3-9-19-13)17-7-1-2-8-17/h3,5,9,12,14H,1-2,4,6-8,10-11H2,(H,16,18)/t12-,14+/m0/s1. The first kappa shape index (κ1) is 13.6. The second-order valence-electron chi connectivity index (χ2n) is 5.52. The SMILES string of the molecule is O=C(NC[C@@H](c1ccco1)N1CCCC1)[C@H]1CCCO1. The van der Waals surface area contributed by atoms with E-state index >= 15 is 0 Å². The highest BCUT2D eigenvalue weighted by Gasteiger charge is 2.28. The zero-order chi connectivity index (χ0) is 13.8. The molecule has 0 bridgehead atoms. The van der Waals surface area contributed by atoms with E-state index < -0.39 is 0 Å². The number of hydrogen-bond donors (Lipinski definition) is 1. The first-order valence-corrected chi connectivity index (χ1v) is 7.51. The minimum Gasteiger partial charge on any atom is -0.468 e. The van der Waals surface area contributed by atoms with Gasteiger partial charge in [-0.25, -0.2) is 0 Å². The number of rotatable bonds is 5. The molecular weight excluding hydrogens is 256 g/mol. The molecular formula is C15H22N2O3. The maximum atomic E-state index is 12.0. The van der Waals surface area contributed by atoms with Gasteiger partial charge in [-0.15, -0.1) is 0 Å². The summed E-state index contributed by atoms with van der Waals surface area (Å²) in [5.41, 5.74) is 0. The molecule has 1 aromatic rings. The largest absolute Gasteiger partial charge is 0.468 e. The summed E-state index contributed by atoms with van der Waals surface area (Å²) < 4.78 is 11.0. The van der Waals surface area contributed by atoms with E-state index in [1.165, 1.54) is 12.8 Å². The Balaban J connectivity index is 1.59. The Kier molecular flexibility index (Phi) is 4.38. The van der Waals surface area contributed by atoms with Crippen LogP contribution in [0.2, 0.25) is 0 Å². The van der Waals surface area contributed by atoms with Crippen LogP contribution in [0.25, 0.3) is 0 Å². The van der Waals surface area contributed by atoms with Crippen molar-refractivity contribution in [3.05, 3.63) is 24.2 Å². The number of nitrogens with zero attached hydrogens (tertiary/aromatic N) is 1. The molecule has 2 fully saturated rings. The van der Waals surface area contributed by atoms with E-state index in [1.54, 1.807) is 6.26 Å². The highest BCUT2D eigenvalue weighted by atomic mass is 16.5. The van der Waals surface area contributed by atoms with Gasteiger partial charge in [-0.2, -0.15) is 0 Å². The smallest absolute Gasteiger partial charge is 0.249 e. The molecule has 1 aromatic heterocycles. The van der Waals surface area contributed by atoms with Crippen molar-refractivity contribution in [1.82, 2.24) is 10.2 Å². The Morgan fingerprint density at radius 1 is 1.40 bits per heavy atom. The quantitative estimate of drug-likeness (QED) is 0.891. The van der Waals surface area contributed by atoms with E-state index in [2.05, 4.69) is 10.2 Å². The van der Waals surface area contributed by atoms with Crippen molar-refractivity contribution >= 4 is 5.91 Å². The number of nitrogens with one attached hydrogen (secondary N) is 1. The lowest BCUT2D eigenvalue weighted by Gasteiger charge is -2.26. The molecule has 0 spiro atoms. The summed E-state index contributed by atoms with van der Waals surface area (Å²) in [7, 11) is 0. The summed E-state index contributed by atoms with van der Waals surface area (Å²) in [6.45, 7) is 3.43. The number of furan rings is 1. The van der Waals surface area contributed by atoms with Crippen molar-refractivity contribution in [3.8, 4) is 0 Å². The molecule has 5 heteroatoms. The Bertz CT molecular complexity index is 420. The van der Waals surface area contributed by atoms with Crippen LogP contribution in [0.5, 0.6) is 0 Å². The highest BCUT2D eigenvalue weighted by molar-refractivity contribution is 5.81. The van der Waals surface area contributed by atoms with Crippen LogP contribution < -0.4 is 5.32 Å². The van der Waals surface area contributed by atoms with E-state index in [-0.39, 0.29) is 18.1 Å². The first-order valence-electron chi connectivity index (χ1n) is 7.51. The maximum Gasteiger partial charge on any atom is 0.249 e. The predicted octanol–water partition coefficient (Wildman–Crippen LogP) is 1.71. The molecule has 2 saturated heterocycles. The minimum atomic E-state index is -0.258. The van der Waals surface area contributed by atoms with Crippen molar-refractivity contribution in [2.75, 3.05) is 26.2 Å². The van der Waals surface area contributed by atoms with Gasteiger partial charge in [0.1, 0.15) is 11.9 Å². The van der Waals surface area contributed by atoms with Crippen LogP contribution in [0, 0.1) is 0 Å². The summed E-state index contributed by atoms with van der Waals surface area (Å²) in [6.07, 6.45) is 5.69. The Hall–Kier alpha value is -1.33. The van der Waals surface area contributed by atoms with E-state index in [0.29, 0.717) is 13.2 Å². The maximum absolute atomic E-state index is 12.0. The molecule has 110 valence electrons. The normalized spacial score (nSPS) is 24.9. The predicted molar refractivity (Wildman–Crippen MR) is 74.2 cm³/mol. The third-order valence-corrected chi connectivity index (χ3v) is 4.14. The monoisotopic (exact) mass is 278 g/mol. The second kappa shape index (κ2) is 6.41. The molecule has 1 amide bonds. The van der Waals surface area contributed by atoms with Gasteiger partial charge < -0.3 is 14.5 Å². The zero-order valence-electron chi connectivity index (χ0n) is 11.7. The number of carbonyl (C=O) groups excluding carboxylic acids is 1. The van der Waals surface area contributed by atoms with Gasteiger partial charge in [0.25, 0.3) is 0 Å². The zero-order valence-corrected chi connectivity index (χ0v) is 11.7. The van der Waals surface area contributed by atoms with Crippen LogP contribution >= 0.6 is 0 Å². The molecule has 1 N–H and O–H groups in total. The fourth-order valence-electron chi connectivity index (χ4n) is 3.04. The average Bonchev–Trinajstić information content (AvgIpc) is 3.22. The topological polar surface area (TPSA) is 54.7 Å². The lowest BCUT2D eigenvalue weighted by Crippen LogP contribution is -2.40. The van der Waals surface area contributed by atoms with Crippen LogP contribution in [0.15, 0.2) is 22.8 Å². The summed E-state index contributed by atoms with van der Waals surface area (Å²) in [5.74, 6) is 0.942. The van der Waals surface area contributed by atoms with Crippen molar-refractivity contribution in [2.45, 2.75) is 37.8 Å². The third-order valence-electron chi connectivity index (χ3n) is 4.14. The van der Waals surface area contributed by atoms with E-state index in [4.69, 9.17) is 9.15 Å². The minimum absolute atomic E-state index is 0.0123. The molecule has 2 aliphatic rings. The molecule has 0 saturated carbocycles. The molecule has 0 aliphatic carbocycles. The van der Waals surface area contributed by atoms with Gasteiger partial charge in [0.05, 0.1) is 12.3 Å². The van der Waals surface area contributed by atoms with Gasteiger partial charge in [0.2, 0.25) is 5.91 Å². The third kappa shape index (κ3) is 3.04. The van der Waals surface area contributed by atoms with Crippen molar-refractivity contribution < 1.29 is 13.9 Å².